The number of likely N-dealkylation sites (tertiary alicyclic amines) is 1. The largest absolute Gasteiger partial charge is 0.356 e. The summed E-state index contributed by atoms with van der Waals surface area (Å²) in [4.78, 5) is 20.0. The third-order valence-corrected chi connectivity index (χ3v) is 6.08. The Kier molecular flexibility index (Phi) is 6.24. The number of pyridine rings is 1. The summed E-state index contributed by atoms with van der Waals surface area (Å²) in [6.07, 6.45) is 7.46. The highest BCUT2D eigenvalue weighted by Gasteiger charge is 2.29. The van der Waals surface area contributed by atoms with Crippen LogP contribution in [0.5, 0.6) is 0 Å². The molecule has 29 heavy (non-hydrogen) atoms. The number of nitrogens with zero attached hydrogens (tertiary/aromatic N) is 3. The molecule has 4 rings (SSSR count). The van der Waals surface area contributed by atoms with Gasteiger partial charge in [-0.25, -0.2) is 4.39 Å². The van der Waals surface area contributed by atoms with Gasteiger partial charge in [-0.3, -0.25) is 9.78 Å². The van der Waals surface area contributed by atoms with E-state index in [9.17, 15) is 9.18 Å². The molecule has 0 spiro atoms. The second-order valence-corrected chi connectivity index (χ2v) is 8.10. The van der Waals surface area contributed by atoms with Crippen LogP contribution in [0, 0.1) is 5.82 Å². The Bertz CT molecular complexity index is 946. The number of benzene rings is 1. The highest BCUT2D eigenvalue weighted by atomic mass is 32.2. The highest BCUT2D eigenvalue weighted by Crippen LogP contribution is 2.33. The Morgan fingerprint density at radius 2 is 1.93 bits per heavy atom. The van der Waals surface area contributed by atoms with Gasteiger partial charge >= 0.3 is 0 Å². The topological polar surface area (TPSA) is 59.2 Å². The van der Waals surface area contributed by atoms with E-state index in [1.165, 1.54) is 23.9 Å². The minimum Gasteiger partial charge on any atom is -0.356 e. The highest BCUT2D eigenvalue weighted by molar-refractivity contribution is 8.00. The maximum atomic E-state index is 13.2. The first-order valence-corrected chi connectivity index (χ1v) is 10.7. The SMILES string of the molecule is O=C(CSc1ccncc1)N1CCCCCC1c1cc(-c2ccc(F)cc2)on1. The summed E-state index contributed by atoms with van der Waals surface area (Å²) in [7, 11) is 0. The lowest BCUT2D eigenvalue weighted by atomic mass is 10.1. The van der Waals surface area contributed by atoms with Crippen molar-refractivity contribution in [3.63, 3.8) is 0 Å². The number of hydrogen-bond donors (Lipinski definition) is 0. The number of carbonyl (C=O) groups excluding carboxylic acids is 1. The molecule has 1 unspecified atom stereocenters. The van der Waals surface area contributed by atoms with Crippen LogP contribution in [0.4, 0.5) is 4.39 Å². The van der Waals surface area contributed by atoms with Crippen LogP contribution >= 0.6 is 11.8 Å². The van der Waals surface area contributed by atoms with Crippen molar-refractivity contribution < 1.29 is 13.7 Å². The molecule has 150 valence electrons. The Morgan fingerprint density at radius 3 is 2.72 bits per heavy atom. The lowest BCUT2D eigenvalue weighted by Crippen LogP contribution is -2.36. The van der Waals surface area contributed by atoms with E-state index >= 15 is 0 Å². The van der Waals surface area contributed by atoms with Gasteiger partial charge in [-0.05, 0) is 49.2 Å². The van der Waals surface area contributed by atoms with E-state index in [4.69, 9.17) is 4.52 Å². The number of amides is 1. The molecular weight excluding hydrogens is 389 g/mol. The van der Waals surface area contributed by atoms with Crippen LogP contribution in [0.15, 0.2) is 64.3 Å². The van der Waals surface area contributed by atoms with Gasteiger partial charge in [-0.2, -0.15) is 0 Å². The monoisotopic (exact) mass is 411 g/mol. The Balaban J connectivity index is 1.50. The number of hydrogen-bond acceptors (Lipinski definition) is 5. The van der Waals surface area contributed by atoms with E-state index in [1.54, 1.807) is 24.5 Å². The van der Waals surface area contributed by atoms with Gasteiger partial charge in [-0.15, -0.1) is 11.8 Å². The van der Waals surface area contributed by atoms with E-state index in [0.717, 1.165) is 48.4 Å². The lowest BCUT2D eigenvalue weighted by molar-refractivity contribution is -0.130. The minimum atomic E-state index is -0.291. The lowest BCUT2D eigenvalue weighted by Gasteiger charge is -2.28. The molecule has 0 radical (unpaired) electrons. The summed E-state index contributed by atoms with van der Waals surface area (Å²) in [6, 6.07) is 11.7. The maximum Gasteiger partial charge on any atom is 0.233 e. The molecule has 0 N–H and O–H groups in total. The van der Waals surface area contributed by atoms with Crippen LogP contribution in [0.1, 0.15) is 37.4 Å². The van der Waals surface area contributed by atoms with Gasteiger partial charge < -0.3 is 9.42 Å². The van der Waals surface area contributed by atoms with Crippen molar-refractivity contribution in [1.82, 2.24) is 15.0 Å². The summed E-state index contributed by atoms with van der Waals surface area (Å²) in [5, 5.41) is 4.25. The first-order chi connectivity index (χ1) is 14.2. The zero-order chi connectivity index (χ0) is 20.1. The van der Waals surface area contributed by atoms with Gasteiger partial charge in [0.25, 0.3) is 0 Å². The molecule has 0 saturated carbocycles. The van der Waals surface area contributed by atoms with E-state index < -0.39 is 0 Å². The first-order valence-electron chi connectivity index (χ1n) is 9.75. The molecule has 1 fully saturated rings. The van der Waals surface area contributed by atoms with Gasteiger partial charge in [0.2, 0.25) is 5.91 Å². The molecule has 1 aromatic carbocycles. The Morgan fingerprint density at radius 1 is 1.14 bits per heavy atom. The molecule has 1 aliphatic heterocycles. The van der Waals surface area contributed by atoms with Crippen molar-refractivity contribution >= 4 is 17.7 Å². The van der Waals surface area contributed by atoms with Crippen LogP contribution < -0.4 is 0 Å². The normalized spacial score (nSPS) is 17.1. The molecule has 3 heterocycles. The van der Waals surface area contributed by atoms with Crippen LogP contribution in [-0.4, -0.2) is 33.2 Å². The van der Waals surface area contributed by atoms with Crippen LogP contribution in [-0.2, 0) is 4.79 Å². The molecule has 1 saturated heterocycles. The van der Waals surface area contributed by atoms with Crippen molar-refractivity contribution in [2.75, 3.05) is 12.3 Å². The number of thioether (sulfide) groups is 1. The van der Waals surface area contributed by atoms with Gasteiger partial charge in [0.05, 0.1) is 11.8 Å². The predicted molar refractivity (Wildman–Crippen MR) is 110 cm³/mol. The van der Waals surface area contributed by atoms with Gasteiger partial charge in [0.15, 0.2) is 5.76 Å². The molecular formula is C22H22FN3O2S. The zero-order valence-electron chi connectivity index (χ0n) is 16.0. The third-order valence-electron chi connectivity index (χ3n) is 5.08. The fourth-order valence-corrected chi connectivity index (χ4v) is 4.34. The van der Waals surface area contributed by atoms with E-state index in [0.29, 0.717) is 11.5 Å². The zero-order valence-corrected chi connectivity index (χ0v) is 16.8. The summed E-state index contributed by atoms with van der Waals surface area (Å²) < 4.78 is 18.7. The number of carbonyl (C=O) groups is 1. The fourth-order valence-electron chi connectivity index (χ4n) is 3.57. The smallest absolute Gasteiger partial charge is 0.233 e. The maximum absolute atomic E-state index is 13.2. The molecule has 1 aliphatic rings. The van der Waals surface area contributed by atoms with Gasteiger partial charge in [-0.1, -0.05) is 18.0 Å². The number of halogens is 1. The molecule has 0 bridgehead atoms. The molecule has 3 aromatic rings. The van der Waals surface area contributed by atoms with Crippen LogP contribution in [0.25, 0.3) is 11.3 Å². The second-order valence-electron chi connectivity index (χ2n) is 7.05. The standard InChI is InChI=1S/C22H22FN3O2S/c23-17-7-5-16(6-8-17)21-14-19(25-28-21)20-4-2-1-3-13-26(20)22(27)15-29-18-9-11-24-12-10-18/h5-12,14,20H,1-4,13,15H2. The fraction of sp³-hybridized carbons (Fsp3) is 0.318. The molecule has 1 atom stereocenters. The minimum absolute atomic E-state index is 0.0963. The van der Waals surface area contributed by atoms with Gasteiger partial charge in [0.1, 0.15) is 11.5 Å². The third kappa shape index (κ3) is 4.85. The summed E-state index contributed by atoms with van der Waals surface area (Å²) in [5.74, 6) is 0.775. The number of aromatic nitrogens is 2. The molecule has 5 nitrogen and oxygen atoms in total. The average Bonchev–Trinajstić information content (AvgIpc) is 3.11. The summed E-state index contributed by atoms with van der Waals surface area (Å²) in [5.41, 5.74) is 1.53. The summed E-state index contributed by atoms with van der Waals surface area (Å²) >= 11 is 1.52. The first kappa shape index (κ1) is 19.6. The molecule has 7 heteroatoms. The van der Waals surface area contributed by atoms with Crippen molar-refractivity contribution in [1.29, 1.82) is 0 Å². The Labute approximate surface area is 173 Å². The quantitative estimate of drug-likeness (QED) is 0.546. The van der Waals surface area contributed by atoms with Crippen molar-refractivity contribution in [2.45, 2.75) is 36.6 Å². The average molecular weight is 412 g/mol. The van der Waals surface area contributed by atoms with E-state index in [-0.39, 0.29) is 17.8 Å². The van der Waals surface area contributed by atoms with Gasteiger partial charge in [0, 0.05) is 35.5 Å². The predicted octanol–water partition coefficient (Wildman–Crippen LogP) is 5.11. The summed E-state index contributed by atoms with van der Waals surface area (Å²) in [6.45, 7) is 0.721. The van der Waals surface area contributed by atoms with Crippen molar-refractivity contribution in [2.24, 2.45) is 0 Å². The number of rotatable bonds is 5. The van der Waals surface area contributed by atoms with E-state index in [1.807, 2.05) is 23.1 Å². The van der Waals surface area contributed by atoms with Crippen LogP contribution in [0.3, 0.4) is 0 Å². The van der Waals surface area contributed by atoms with E-state index in [2.05, 4.69) is 10.1 Å². The van der Waals surface area contributed by atoms with Crippen molar-refractivity contribution in [3.8, 4) is 11.3 Å². The molecule has 0 aliphatic carbocycles. The van der Waals surface area contributed by atoms with Crippen molar-refractivity contribution in [3.05, 3.63) is 66.4 Å². The van der Waals surface area contributed by atoms with Crippen LogP contribution in [0.2, 0.25) is 0 Å². The second kappa shape index (κ2) is 9.22. The Hall–Kier alpha value is -2.67. The molecule has 1 amide bonds. The molecule has 2 aromatic heterocycles.